The summed E-state index contributed by atoms with van der Waals surface area (Å²) in [5, 5.41) is 11.7. The van der Waals surface area contributed by atoms with Crippen molar-refractivity contribution in [3.05, 3.63) is 35.4 Å². The Bertz CT molecular complexity index is 488. The molecule has 1 aliphatic carbocycles. The van der Waals surface area contributed by atoms with Gasteiger partial charge in [0.1, 0.15) is 0 Å². The van der Waals surface area contributed by atoms with Gasteiger partial charge in [0, 0.05) is 0 Å². The molecule has 1 fully saturated rings. The largest absolute Gasteiger partial charge is 0.384 e. The van der Waals surface area contributed by atoms with Gasteiger partial charge in [0.15, 0.2) is 0 Å². The molecular formula is C18H27NO. The first-order valence-corrected chi connectivity index (χ1v) is 7.94. The van der Waals surface area contributed by atoms with Gasteiger partial charge in [0.2, 0.25) is 0 Å². The minimum atomic E-state index is -0.664. The summed E-state index contributed by atoms with van der Waals surface area (Å²) < 4.78 is 0. The minimum Gasteiger partial charge on any atom is -0.384 e. The van der Waals surface area contributed by atoms with Crippen LogP contribution in [0.5, 0.6) is 0 Å². The standard InChI is InChI=1S/C18H27NO/c1-17(2)11-8-14-6-4-5-7-16(14)18(17,20)15-9-12-19(3)13-10-15/h4-7,15,20H,8-13H2,1-3H3. The Balaban J connectivity index is 2.03. The summed E-state index contributed by atoms with van der Waals surface area (Å²) in [7, 11) is 2.18. The number of hydrogen-bond donors (Lipinski definition) is 1. The molecule has 3 rings (SSSR count). The van der Waals surface area contributed by atoms with Crippen LogP contribution >= 0.6 is 0 Å². The molecule has 0 amide bonds. The van der Waals surface area contributed by atoms with E-state index in [4.69, 9.17) is 0 Å². The fourth-order valence-electron chi connectivity index (χ4n) is 4.31. The van der Waals surface area contributed by atoms with Gasteiger partial charge in [-0.2, -0.15) is 0 Å². The predicted octanol–water partition coefficient (Wildman–Crippen LogP) is 3.19. The molecule has 110 valence electrons. The molecule has 1 aliphatic heterocycles. The number of piperidine rings is 1. The molecule has 0 radical (unpaired) electrons. The van der Waals surface area contributed by atoms with Gasteiger partial charge in [0.05, 0.1) is 5.60 Å². The van der Waals surface area contributed by atoms with E-state index in [9.17, 15) is 5.11 Å². The van der Waals surface area contributed by atoms with Crippen molar-refractivity contribution in [2.45, 2.75) is 45.1 Å². The van der Waals surface area contributed by atoms with Crippen LogP contribution in [0.3, 0.4) is 0 Å². The molecule has 0 spiro atoms. The Hall–Kier alpha value is -0.860. The normalized spacial score (nSPS) is 31.0. The lowest BCUT2D eigenvalue weighted by molar-refractivity contribution is -0.142. The van der Waals surface area contributed by atoms with E-state index >= 15 is 0 Å². The summed E-state index contributed by atoms with van der Waals surface area (Å²) in [6, 6.07) is 8.55. The highest BCUT2D eigenvalue weighted by Crippen LogP contribution is 2.54. The van der Waals surface area contributed by atoms with Crippen LogP contribution in [0.4, 0.5) is 0 Å². The Morgan fingerprint density at radius 2 is 1.80 bits per heavy atom. The zero-order valence-corrected chi connectivity index (χ0v) is 13.0. The lowest BCUT2D eigenvalue weighted by Gasteiger charge is -2.53. The molecule has 1 atom stereocenters. The lowest BCUT2D eigenvalue weighted by atomic mass is 9.56. The monoisotopic (exact) mass is 273 g/mol. The van der Waals surface area contributed by atoms with Crippen molar-refractivity contribution in [2.24, 2.45) is 11.3 Å². The fraction of sp³-hybridized carbons (Fsp3) is 0.667. The van der Waals surface area contributed by atoms with Gasteiger partial charge in [-0.1, -0.05) is 38.1 Å². The van der Waals surface area contributed by atoms with E-state index in [0.717, 1.165) is 38.8 Å². The highest BCUT2D eigenvalue weighted by atomic mass is 16.3. The number of nitrogens with zero attached hydrogens (tertiary/aromatic N) is 1. The van der Waals surface area contributed by atoms with Gasteiger partial charge in [-0.15, -0.1) is 0 Å². The lowest BCUT2D eigenvalue weighted by Crippen LogP contribution is -2.53. The number of hydrogen-bond acceptors (Lipinski definition) is 2. The fourth-order valence-corrected chi connectivity index (χ4v) is 4.31. The summed E-state index contributed by atoms with van der Waals surface area (Å²) in [6.07, 6.45) is 4.38. The summed E-state index contributed by atoms with van der Waals surface area (Å²) >= 11 is 0. The van der Waals surface area contributed by atoms with Gasteiger partial charge < -0.3 is 10.0 Å². The molecule has 2 aliphatic rings. The van der Waals surface area contributed by atoms with Crippen molar-refractivity contribution < 1.29 is 5.11 Å². The number of rotatable bonds is 1. The van der Waals surface area contributed by atoms with Crippen molar-refractivity contribution in [1.82, 2.24) is 4.90 Å². The number of fused-ring (bicyclic) bond motifs is 1. The van der Waals surface area contributed by atoms with E-state index in [0.29, 0.717) is 5.92 Å². The maximum Gasteiger partial charge on any atom is 0.0978 e. The van der Waals surface area contributed by atoms with E-state index < -0.39 is 5.60 Å². The summed E-state index contributed by atoms with van der Waals surface area (Å²) in [5.74, 6) is 0.384. The van der Waals surface area contributed by atoms with Crippen LogP contribution in [0.25, 0.3) is 0 Å². The summed E-state index contributed by atoms with van der Waals surface area (Å²) in [6.45, 7) is 6.71. The Morgan fingerprint density at radius 3 is 2.50 bits per heavy atom. The van der Waals surface area contributed by atoms with Crippen LogP contribution in [-0.2, 0) is 12.0 Å². The van der Waals surface area contributed by atoms with E-state index in [1.165, 1.54) is 11.1 Å². The zero-order chi connectivity index (χ0) is 14.4. The number of aliphatic hydroxyl groups is 1. The van der Waals surface area contributed by atoms with Gasteiger partial charge in [-0.25, -0.2) is 0 Å². The van der Waals surface area contributed by atoms with Crippen molar-refractivity contribution in [3.8, 4) is 0 Å². The topological polar surface area (TPSA) is 23.5 Å². The second-order valence-electron chi connectivity index (χ2n) is 7.38. The Kier molecular flexibility index (Phi) is 3.42. The molecular weight excluding hydrogens is 246 g/mol. The molecule has 1 heterocycles. The molecule has 20 heavy (non-hydrogen) atoms. The average molecular weight is 273 g/mol. The Labute approximate surface area is 122 Å². The smallest absolute Gasteiger partial charge is 0.0978 e. The first-order valence-electron chi connectivity index (χ1n) is 7.94. The summed E-state index contributed by atoms with van der Waals surface area (Å²) in [4.78, 5) is 2.38. The highest BCUT2D eigenvalue weighted by Gasteiger charge is 2.53. The number of aryl methyl sites for hydroxylation is 1. The third-order valence-corrected chi connectivity index (χ3v) is 5.79. The van der Waals surface area contributed by atoms with Crippen molar-refractivity contribution in [2.75, 3.05) is 20.1 Å². The number of benzene rings is 1. The van der Waals surface area contributed by atoms with Crippen LogP contribution in [0, 0.1) is 11.3 Å². The maximum atomic E-state index is 11.7. The predicted molar refractivity (Wildman–Crippen MR) is 82.7 cm³/mol. The van der Waals surface area contributed by atoms with Crippen LogP contribution in [0.2, 0.25) is 0 Å². The quantitative estimate of drug-likeness (QED) is 0.849. The third-order valence-electron chi connectivity index (χ3n) is 5.79. The molecule has 2 heteroatoms. The van der Waals surface area contributed by atoms with Gasteiger partial charge in [-0.05, 0) is 68.3 Å². The second-order valence-corrected chi connectivity index (χ2v) is 7.38. The van der Waals surface area contributed by atoms with Gasteiger partial charge >= 0.3 is 0 Å². The number of likely N-dealkylation sites (tertiary alicyclic amines) is 1. The molecule has 1 unspecified atom stereocenters. The van der Waals surface area contributed by atoms with Crippen molar-refractivity contribution in [3.63, 3.8) is 0 Å². The molecule has 0 bridgehead atoms. The second kappa shape index (κ2) is 4.85. The zero-order valence-electron chi connectivity index (χ0n) is 13.0. The molecule has 1 aromatic rings. The van der Waals surface area contributed by atoms with Crippen molar-refractivity contribution in [1.29, 1.82) is 0 Å². The molecule has 1 aromatic carbocycles. The highest BCUT2D eigenvalue weighted by molar-refractivity contribution is 5.38. The van der Waals surface area contributed by atoms with E-state index in [1.54, 1.807) is 0 Å². The maximum absolute atomic E-state index is 11.7. The Morgan fingerprint density at radius 1 is 1.15 bits per heavy atom. The first-order chi connectivity index (χ1) is 9.45. The third kappa shape index (κ3) is 2.01. The molecule has 1 N–H and O–H groups in total. The van der Waals surface area contributed by atoms with Gasteiger partial charge in [0.25, 0.3) is 0 Å². The SMILES string of the molecule is CN1CCC(C2(O)c3ccccc3CCC2(C)C)CC1. The first kappa shape index (κ1) is 14.1. The van der Waals surface area contributed by atoms with E-state index in [1.807, 2.05) is 0 Å². The molecule has 2 nitrogen and oxygen atoms in total. The van der Waals surface area contributed by atoms with Gasteiger partial charge in [-0.3, -0.25) is 0 Å². The van der Waals surface area contributed by atoms with Crippen molar-refractivity contribution >= 4 is 0 Å². The van der Waals surface area contributed by atoms with Crippen LogP contribution in [0.1, 0.15) is 44.2 Å². The van der Waals surface area contributed by atoms with Crippen LogP contribution < -0.4 is 0 Å². The molecule has 0 saturated carbocycles. The van der Waals surface area contributed by atoms with Crippen LogP contribution in [-0.4, -0.2) is 30.1 Å². The minimum absolute atomic E-state index is 0.0398. The van der Waals surface area contributed by atoms with Crippen LogP contribution in [0.15, 0.2) is 24.3 Å². The van der Waals surface area contributed by atoms with E-state index in [2.05, 4.69) is 50.1 Å². The summed E-state index contributed by atoms with van der Waals surface area (Å²) in [5.41, 5.74) is 1.85. The molecule has 1 saturated heterocycles. The molecule has 0 aromatic heterocycles. The average Bonchev–Trinajstić information content (AvgIpc) is 2.44. The van der Waals surface area contributed by atoms with E-state index in [-0.39, 0.29) is 5.41 Å².